The van der Waals surface area contributed by atoms with Gasteiger partial charge in [0, 0.05) is 13.0 Å². The molecule has 4 nitrogen and oxygen atoms in total. The Morgan fingerprint density at radius 2 is 2.05 bits per heavy atom. The maximum Gasteiger partial charge on any atom is 0.231 e. The molecule has 0 radical (unpaired) electrons. The van der Waals surface area contributed by atoms with Gasteiger partial charge in [-0.1, -0.05) is 6.07 Å². The number of hydrogen-bond acceptors (Lipinski definition) is 4. The molecule has 4 heteroatoms. The number of carbonyl (C=O) groups excluding carboxylic acids is 1. The maximum atomic E-state index is 10.9. The van der Waals surface area contributed by atoms with Crippen LogP contribution in [0, 0.1) is 0 Å². The van der Waals surface area contributed by atoms with Crippen molar-refractivity contribution in [3.05, 3.63) is 23.8 Å². The van der Waals surface area contributed by atoms with E-state index in [9.17, 15) is 4.79 Å². The number of carbonyl (C=O) groups is 1. The predicted molar refractivity (Wildman–Crippen MR) is 73.7 cm³/mol. The molecule has 0 unspecified atom stereocenters. The van der Waals surface area contributed by atoms with Gasteiger partial charge in [-0.3, -0.25) is 0 Å². The highest BCUT2D eigenvalue weighted by molar-refractivity contribution is 5.75. The smallest absolute Gasteiger partial charge is 0.231 e. The Kier molecular flexibility index (Phi) is 4.80. The molecule has 0 bridgehead atoms. The first-order valence-electron chi connectivity index (χ1n) is 6.71. The van der Waals surface area contributed by atoms with E-state index in [1.807, 2.05) is 12.1 Å². The molecule has 0 saturated carbocycles. The highest BCUT2D eigenvalue weighted by atomic mass is 16.7. The average Bonchev–Trinajstić information content (AvgIpc) is 2.83. The van der Waals surface area contributed by atoms with E-state index in [0.29, 0.717) is 13.2 Å². The van der Waals surface area contributed by atoms with Crippen LogP contribution in [0.3, 0.4) is 0 Å². The van der Waals surface area contributed by atoms with Crippen LogP contribution in [-0.2, 0) is 11.2 Å². The van der Waals surface area contributed by atoms with Crippen LogP contribution in [0.5, 0.6) is 11.5 Å². The van der Waals surface area contributed by atoms with Crippen molar-refractivity contribution in [1.29, 1.82) is 0 Å². The number of rotatable bonds is 7. The zero-order chi connectivity index (χ0) is 13.7. The molecule has 0 atom stereocenters. The average molecular weight is 263 g/mol. The van der Waals surface area contributed by atoms with Crippen LogP contribution in [0.2, 0.25) is 0 Å². The molecule has 0 N–H and O–H groups in total. The van der Waals surface area contributed by atoms with Gasteiger partial charge in [0.1, 0.15) is 5.78 Å². The van der Waals surface area contributed by atoms with Gasteiger partial charge in [0.2, 0.25) is 6.79 Å². The van der Waals surface area contributed by atoms with Gasteiger partial charge in [-0.15, -0.1) is 0 Å². The molecule has 2 rings (SSSR count). The van der Waals surface area contributed by atoms with Crippen LogP contribution >= 0.6 is 0 Å². The minimum absolute atomic E-state index is 0.268. The van der Waals surface area contributed by atoms with E-state index in [-0.39, 0.29) is 5.78 Å². The molecule has 0 aliphatic carbocycles. The fraction of sp³-hybridized carbons (Fsp3) is 0.533. The number of fused-ring (bicyclic) bond motifs is 1. The molecule has 0 amide bonds. The van der Waals surface area contributed by atoms with Crippen LogP contribution < -0.4 is 9.47 Å². The molecule has 0 aromatic heterocycles. The Bertz CT molecular complexity index is 445. The van der Waals surface area contributed by atoms with Gasteiger partial charge in [-0.05, 0) is 51.1 Å². The van der Waals surface area contributed by atoms with Crippen molar-refractivity contribution in [2.45, 2.75) is 26.2 Å². The van der Waals surface area contributed by atoms with Gasteiger partial charge in [-0.2, -0.15) is 0 Å². The Morgan fingerprint density at radius 3 is 2.84 bits per heavy atom. The van der Waals surface area contributed by atoms with Crippen LogP contribution in [-0.4, -0.2) is 37.6 Å². The van der Waals surface area contributed by atoms with Crippen molar-refractivity contribution in [3.8, 4) is 11.5 Å². The standard InChI is InChI=1S/C15H21NO3/c1-12(17)4-3-8-16(2)9-7-13-5-6-14-15(10-13)19-11-18-14/h5-6,10H,3-4,7-9,11H2,1-2H3. The lowest BCUT2D eigenvalue weighted by Gasteiger charge is -2.16. The Hall–Kier alpha value is -1.55. The van der Waals surface area contributed by atoms with Gasteiger partial charge < -0.3 is 19.2 Å². The lowest BCUT2D eigenvalue weighted by atomic mass is 10.1. The SMILES string of the molecule is CC(=O)CCCN(C)CCc1ccc2c(c1)OCO2. The zero-order valence-electron chi connectivity index (χ0n) is 11.6. The Labute approximate surface area is 114 Å². The lowest BCUT2D eigenvalue weighted by Crippen LogP contribution is -2.22. The van der Waals surface area contributed by atoms with E-state index >= 15 is 0 Å². The molecule has 0 fully saturated rings. The van der Waals surface area contributed by atoms with Gasteiger partial charge in [0.15, 0.2) is 11.5 Å². The quantitative estimate of drug-likeness (QED) is 0.756. The monoisotopic (exact) mass is 263 g/mol. The first-order valence-corrected chi connectivity index (χ1v) is 6.71. The van der Waals surface area contributed by atoms with Gasteiger partial charge in [0.05, 0.1) is 0 Å². The van der Waals surface area contributed by atoms with Crippen molar-refractivity contribution in [2.75, 3.05) is 26.9 Å². The molecule has 1 aromatic carbocycles. The van der Waals surface area contributed by atoms with E-state index in [1.54, 1.807) is 6.92 Å². The minimum atomic E-state index is 0.268. The summed E-state index contributed by atoms with van der Waals surface area (Å²) >= 11 is 0. The molecule has 1 heterocycles. The van der Waals surface area contributed by atoms with Crippen LogP contribution in [0.4, 0.5) is 0 Å². The second kappa shape index (κ2) is 6.57. The fourth-order valence-electron chi connectivity index (χ4n) is 2.13. The number of ether oxygens (including phenoxy) is 2. The first kappa shape index (κ1) is 13.9. The van der Waals surface area contributed by atoms with Crippen molar-refractivity contribution >= 4 is 5.78 Å². The van der Waals surface area contributed by atoms with Gasteiger partial charge in [0.25, 0.3) is 0 Å². The van der Waals surface area contributed by atoms with E-state index in [4.69, 9.17) is 9.47 Å². The number of nitrogens with zero attached hydrogens (tertiary/aromatic N) is 1. The molecule has 1 aliphatic heterocycles. The number of benzene rings is 1. The van der Waals surface area contributed by atoms with Gasteiger partial charge in [-0.25, -0.2) is 0 Å². The summed E-state index contributed by atoms with van der Waals surface area (Å²) in [6.07, 6.45) is 2.59. The third kappa shape index (κ3) is 4.24. The van der Waals surface area contributed by atoms with Crippen LogP contribution in [0.1, 0.15) is 25.3 Å². The Balaban J connectivity index is 1.74. The number of Topliss-reactive ketones (excluding diaryl/α,β-unsaturated/α-hetero) is 1. The summed E-state index contributed by atoms with van der Waals surface area (Å²) in [5, 5.41) is 0. The summed E-state index contributed by atoms with van der Waals surface area (Å²) in [6.45, 7) is 3.91. The van der Waals surface area contributed by atoms with E-state index < -0.39 is 0 Å². The number of likely N-dealkylation sites (N-methyl/N-ethyl adjacent to an activating group) is 1. The summed E-state index contributed by atoms with van der Waals surface area (Å²) in [5.41, 5.74) is 1.25. The normalized spacial score (nSPS) is 13.0. The second-order valence-electron chi connectivity index (χ2n) is 5.05. The van der Waals surface area contributed by atoms with Crippen molar-refractivity contribution < 1.29 is 14.3 Å². The molecule has 0 saturated heterocycles. The van der Waals surface area contributed by atoms with Crippen molar-refractivity contribution in [2.24, 2.45) is 0 Å². The fourth-order valence-corrected chi connectivity index (χ4v) is 2.13. The van der Waals surface area contributed by atoms with Gasteiger partial charge >= 0.3 is 0 Å². The zero-order valence-corrected chi connectivity index (χ0v) is 11.6. The molecule has 1 aliphatic rings. The molecular weight excluding hydrogens is 242 g/mol. The molecule has 104 valence electrons. The summed E-state index contributed by atoms with van der Waals surface area (Å²) < 4.78 is 10.7. The predicted octanol–water partition coefficient (Wildman–Crippen LogP) is 2.26. The minimum Gasteiger partial charge on any atom is -0.454 e. The number of hydrogen-bond donors (Lipinski definition) is 0. The van der Waals surface area contributed by atoms with Crippen LogP contribution in [0.25, 0.3) is 0 Å². The maximum absolute atomic E-state index is 10.9. The Morgan fingerprint density at radius 1 is 1.26 bits per heavy atom. The van der Waals surface area contributed by atoms with E-state index in [1.165, 1.54) is 5.56 Å². The lowest BCUT2D eigenvalue weighted by molar-refractivity contribution is -0.117. The summed E-state index contributed by atoms with van der Waals surface area (Å²) in [5.74, 6) is 1.94. The van der Waals surface area contributed by atoms with Crippen molar-refractivity contribution in [1.82, 2.24) is 4.90 Å². The largest absolute Gasteiger partial charge is 0.454 e. The molecule has 19 heavy (non-hydrogen) atoms. The highest BCUT2D eigenvalue weighted by Gasteiger charge is 2.13. The van der Waals surface area contributed by atoms with E-state index in [2.05, 4.69) is 18.0 Å². The summed E-state index contributed by atoms with van der Waals surface area (Å²) in [7, 11) is 2.09. The summed E-state index contributed by atoms with van der Waals surface area (Å²) in [4.78, 5) is 13.1. The molecular formula is C15H21NO3. The van der Waals surface area contributed by atoms with E-state index in [0.717, 1.165) is 37.4 Å². The second-order valence-corrected chi connectivity index (χ2v) is 5.05. The third-order valence-electron chi connectivity index (χ3n) is 3.29. The highest BCUT2D eigenvalue weighted by Crippen LogP contribution is 2.32. The number of ketones is 1. The summed E-state index contributed by atoms with van der Waals surface area (Å²) in [6, 6.07) is 6.09. The first-order chi connectivity index (χ1) is 9.15. The third-order valence-corrected chi connectivity index (χ3v) is 3.29. The topological polar surface area (TPSA) is 38.8 Å². The molecule has 1 aromatic rings. The molecule has 0 spiro atoms. The van der Waals surface area contributed by atoms with Crippen LogP contribution in [0.15, 0.2) is 18.2 Å². The van der Waals surface area contributed by atoms with Crippen molar-refractivity contribution in [3.63, 3.8) is 0 Å².